The zero-order valence-corrected chi connectivity index (χ0v) is 7.98. The molecule has 0 N–H and O–H groups in total. The molecule has 0 bridgehead atoms. The highest BCUT2D eigenvalue weighted by molar-refractivity contribution is 7.07. The average Bonchev–Trinajstić information content (AvgIpc) is 2.57. The van der Waals surface area contributed by atoms with Crippen molar-refractivity contribution in [3.8, 4) is 0 Å². The molecule has 0 spiro atoms. The molecule has 1 aromatic rings. The van der Waals surface area contributed by atoms with Crippen LogP contribution in [0.5, 0.6) is 0 Å². The Morgan fingerprint density at radius 1 is 1.14 bits per heavy atom. The number of rotatable bonds is 1. The van der Waals surface area contributed by atoms with E-state index in [-0.39, 0.29) is 0 Å². The van der Waals surface area contributed by atoms with E-state index >= 15 is 0 Å². The summed E-state index contributed by atoms with van der Waals surface area (Å²) in [5.74, 6) is -3.79. The molecule has 1 rings (SSSR count). The van der Waals surface area contributed by atoms with Gasteiger partial charge in [0.15, 0.2) is 0 Å². The van der Waals surface area contributed by atoms with Crippen LogP contribution in [0.15, 0.2) is 22.9 Å². The van der Waals surface area contributed by atoms with E-state index in [2.05, 4.69) is 0 Å². The van der Waals surface area contributed by atoms with Gasteiger partial charge in [-0.15, -0.1) is 0 Å². The summed E-state index contributed by atoms with van der Waals surface area (Å²) in [4.78, 5) is 19.4. The van der Waals surface area contributed by atoms with Crippen molar-refractivity contribution in [1.29, 1.82) is 0 Å². The minimum Gasteiger partial charge on any atom is -0.291 e. The molecule has 0 atom stereocenters. The van der Waals surface area contributed by atoms with Crippen LogP contribution in [0.25, 0.3) is 0 Å². The highest BCUT2D eigenvalue weighted by Gasteiger charge is 2.41. The van der Waals surface area contributed by atoms with E-state index < -0.39 is 17.7 Å². The standard InChI is InChI=1S/C4H3F3O2.C4H4S/c1-2(8)3(9)4(5,6)7;1-2-4-5-3-1/h1H3;1-4H. The Labute approximate surface area is 82.4 Å². The van der Waals surface area contributed by atoms with Gasteiger partial charge in [0.25, 0.3) is 0 Å². The van der Waals surface area contributed by atoms with Crippen molar-refractivity contribution in [2.45, 2.75) is 13.1 Å². The van der Waals surface area contributed by atoms with Gasteiger partial charge in [0.2, 0.25) is 5.78 Å². The highest BCUT2D eigenvalue weighted by Crippen LogP contribution is 2.15. The largest absolute Gasteiger partial charge is 0.457 e. The minimum absolute atomic E-state index is 0.579. The van der Waals surface area contributed by atoms with E-state index in [1.165, 1.54) is 0 Å². The molecule has 6 heteroatoms. The maximum atomic E-state index is 11.1. The smallest absolute Gasteiger partial charge is 0.291 e. The van der Waals surface area contributed by atoms with Crippen LogP contribution in [0, 0.1) is 0 Å². The van der Waals surface area contributed by atoms with Crippen LogP contribution < -0.4 is 0 Å². The number of halogens is 3. The Morgan fingerprint density at radius 2 is 1.57 bits per heavy atom. The van der Waals surface area contributed by atoms with Gasteiger partial charge in [0.05, 0.1) is 0 Å². The van der Waals surface area contributed by atoms with Crippen molar-refractivity contribution >= 4 is 22.9 Å². The van der Waals surface area contributed by atoms with E-state index in [0.29, 0.717) is 6.92 Å². The molecule has 0 saturated heterocycles. The highest BCUT2D eigenvalue weighted by atomic mass is 32.1. The van der Waals surface area contributed by atoms with Gasteiger partial charge in [0, 0.05) is 6.92 Å². The number of hydrogen-bond acceptors (Lipinski definition) is 3. The number of alkyl halides is 3. The van der Waals surface area contributed by atoms with Crippen LogP contribution in [-0.2, 0) is 9.59 Å². The molecule has 0 saturated carbocycles. The van der Waals surface area contributed by atoms with Crippen LogP contribution in [-0.4, -0.2) is 17.7 Å². The van der Waals surface area contributed by atoms with Crippen molar-refractivity contribution in [3.05, 3.63) is 22.9 Å². The zero-order chi connectivity index (χ0) is 11.2. The van der Waals surface area contributed by atoms with Crippen molar-refractivity contribution < 1.29 is 22.8 Å². The van der Waals surface area contributed by atoms with Gasteiger partial charge in [-0.25, -0.2) is 0 Å². The number of ketones is 2. The van der Waals surface area contributed by atoms with Gasteiger partial charge in [-0.2, -0.15) is 24.5 Å². The normalized spacial score (nSPS) is 10.0. The quantitative estimate of drug-likeness (QED) is 0.686. The van der Waals surface area contributed by atoms with Crippen molar-refractivity contribution in [3.63, 3.8) is 0 Å². The van der Waals surface area contributed by atoms with E-state index in [9.17, 15) is 22.8 Å². The first kappa shape index (κ1) is 12.8. The van der Waals surface area contributed by atoms with Crippen LogP contribution in [0.3, 0.4) is 0 Å². The van der Waals surface area contributed by atoms with Gasteiger partial charge in [-0.05, 0) is 10.8 Å². The monoisotopic (exact) mass is 224 g/mol. The molecule has 0 aliphatic rings. The molecule has 0 unspecified atom stereocenters. The third kappa shape index (κ3) is 5.47. The molecular weight excluding hydrogens is 217 g/mol. The molecule has 2 nitrogen and oxygen atoms in total. The summed E-state index contributed by atoms with van der Waals surface area (Å²) in [5.41, 5.74) is 0. The van der Waals surface area contributed by atoms with Gasteiger partial charge in [-0.3, -0.25) is 9.59 Å². The molecule has 0 amide bonds. The second-order valence-corrected chi connectivity index (χ2v) is 2.99. The predicted molar refractivity (Wildman–Crippen MR) is 46.1 cm³/mol. The molecule has 0 aliphatic carbocycles. The second kappa shape index (κ2) is 5.54. The van der Waals surface area contributed by atoms with Crippen molar-refractivity contribution in [2.24, 2.45) is 0 Å². The summed E-state index contributed by atoms with van der Waals surface area (Å²) in [6.07, 6.45) is -5.01. The summed E-state index contributed by atoms with van der Waals surface area (Å²) in [7, 11) is 0. The van der Waals surface area contributed by atoms with E-state index in [1.54, 1.807) is 11.3 Å². The van der Waals surface area contributed by atoms with Gasteiger partial charge >= 0.3 is 12.0 Å². The minimum atomic E-state index is -5.01. The maximum Gasteiger partial charge on any atom is 0.457 e. The third-order valence-corrected chi connectivity index (χ3v) is 1.63. The summed E-state index contributed by atoms with van der Waals surface area (Å²) < 4.78 is 33.4. The first-order valence-electron chi connectivity index (χ1n) is 3.45. The van der Waals surface area contributed by atoms with Crippen LogP contribution in [0.4, 0.5) is 13.2 Å². The number of Topliss-reactive ketones (excluding diaryl/α,β-unsaturated/α-hetero) is 2. The molecular formula is C8H7F3O2S. The second-order valence-electron chi connectivity index (χ2n) is 2.18. The summed E-state index contributed by atoms with van der Waals surface area (Å²) in [6, 6.07) is 4.04. The first-order chi connectivity index (χ1) is 6.35. The molecule has 0 aliphatic heterocycles. The SMILES string of the molecule is CC(=O)C(=O)C(F)(F)F.c1ccsc1. The topological polar surface area (TPSA) is 34.1 Å². The van der Waals surface area contributed by atoms with E-state index in [1.807, 2.05) is 22.9 Å². The molecule has 78 valence electrons. The Hall–Kier alpha value is -1.17. The third-order valence-electron chi connectivity index (χ3n) is 1.00. The number of carbonyl (C=O) groups is 2. The van der Waals surface area contributed by atoms with E-state index in [4.69, 9.17) is 0 Å². The lowest BCUT2D eigenvalue weighted by Gasteiger charge is -1.98. The zero-order valence-electron chi connectivity index (χ0n) is 7.17. The number of hydrogen-bond donors (Lipinski definition) is 0. The Kier molecular flexibility index (Phi) is 5.07. The lowest BCUT2D eigenvalue weighted by Crippen LogP contribution is -2.28. The average molecular weight is 224 g/mol. The van der Waals surface area contributed by atoms with Crippen LogP contribution >= 0.6 is 11.3 Å². The van der Waals surface area contributed by atoms with E-state index in [0.717, 1.165) is 0 Å². The summed E-state index contributed by atoms with van der Waals surface area (Å²) in [6.45, 7) is 0.579. The van der Waals surface area contributed by atoms with Gasteiger partial charge in [0.1, 0.15) is 0 Å². The Bertz CT molecular complexity index is 273. The molecule has 14 heavy (non-hydrogen) atoms. The molecule has 1 aromatic heterocycles. The van der Waals surface area contributed by atoms with Gasteiger partial charge < -0.3 is 0 Å². The molecule has 0 aromatic carbocycles. The fourth-order valence-electron chi connectivity index (χ4n) is 0.426. The van der Waals surface area contributed by atoms with Crippen LogP contribution in [0.2, 0.25) is 0 Å². The lowest BCUT2D eigenvalue weighted by molar-refractivity contribution is -0.173. The molecule has 1 heterocycles. The van der Waals surface area contributed by atoms with Crippen LogP contribution in [0.1, 0.15) is 6.92 Å². The first-order valence-corrected chi connectivity index (χ1v) is 4.39. The summed E-state index contributed by atoms with van der Waals surface area (Å²) in [5, 5.41) is 4.08. The Balaban J connectivity index is 0.000000280. The van der Waals surface area contributed by atoms with Gasteiger partial charge in [-0.1, -0.05) is 12.1 Å². The fourth-order valence-corrected chi connectivity index (χ4v) is 0.880. The summed E-state index contributed by atoms with van der Waals surface area (Å²) >= 11 is 1.71. The predicted octanol–water partition coefficient (Wildman–Crippen LogP) is 2.45. The van der Waals surface area contributed by atoms with Crippen molar-refractivity contribution in [2.75, 3.05) is 0 Å². The lowest BCUT2D eigenvalue weighted by atomic mass is 10.3. The fraction of sp³-hybridized carbons (Fsp3) is 0.250. The Morgan fingerprint density at radius 3 is 1.64 bits per heavy atom. The van der Waals surface area contributed by atoms with Crippen molar-refractivity contribution in [1.82, 2.24) is 0 Å². The number of carbonyl (C=O) groups excluding carboxylic acids is 2. The molecule has 0 fully saturated rings. The maximum absolute atomic E-state index is 11.1. The number of thiophene rings is 1. The molecule has 0 radical (unpaired) electrons.